The van der Waals surface area contributed by atoms with Crippen molar-refractivity contribution in [2.75, 3.05) is 0 Å². The Hall–Kier alpha value is -2.48. The average molecular weight is 289 g/mol. The number of aryl methyl sites for hydroxylation is 3. The van der Waals surface area contributed by atoms with Gasteiger partial charge >= 0.3 is 0 Å². The molecule has 0 radical (unpaired) electrons. The van der Waals surface area contributed by atoms with E-state index >= 15 is 0 Å². The second-order valence-corrected chi connectivity index (χ2v) is 5.79. The topological polar surface area (TPSA) is 16.8 Å². The number of hydrogen-bond donors (Lipinski definition) is 0. The molecule has 0 saturated heterocycles. The van der Waals surface area contributed by atoms with Crippen molar-refractivity contribution in [3.05, 3.63) is 71.7 Å². The maximum Gasteiger partial charge on any atom is 0.234 e. The molecule has 0 aliphatic carbocycles. The zero-order valence-corrected chi connectivity index (χ0v) is 13.6. The lowest BCUT2D eigenvalue weighted by molar-refractivity contribution is -0.667. The quantitative estimate of drug-likeness (QED) is 0.647. The van der Waals surface area contributed by atoms with Crippen molar-refractivity contribution >= 4 is 0 Å². The third-order valence-electron chi connectivity index (χ3n) is 4.24. The molecule has 0 bridgehead atoms. The van der Waals surface area contributed by atoms with E-state index in [4.69, 9.17) is 0 Å². The minimum atomic E-state index is 1.06. The molecule has 0 unspecified atom stereocenters. The fourth-order valence-corrected chi connectivity index (χ4v) is 2.87. The molecule has 0 saturated carbocycles. The van der Waals surface area contributed by atoms with Crippen LogP contribution in [0.15, 0.2) is 54.7 Å². The Bertz CT molecular complexity index is 821. The normalized spacial score (nSPS) is 10.7. The third kappa shape index (κ3) is 2.52. The van der Waals surface area contributed by atoms with Crippen LogP contribution in [-0.4, -0.2) is 4.98 Å². The van der Waals surface area contributed by atoms with Gasteiger partial charge in [0.25, 0.3) is 0 Å². The SMILES string of the molecule is Cc1cc(-c2ccccc2)ccc1-c1c(C)ncc(C)[n+]1C. The van der Waals surface area contributed by atoms with Crippen LogP contribution < -0.4 is 4.57 Å². The van der Waals surface area contributed by atoms with Crippen molar-refractivity contribution in [2.24, 2.45) is 7.05 Å². The van der Waals surface area contributed by atoms with E-state index in [0.717, 1.165) is 11.4 Å². The minimum absolute atomic E-state index is 1.06. The van der Waals surface area contributed by atoms with E-state index < -0.39 is 0 Å². The number of rotatable bonds is 2. The van der Waals surface area contributed by atoms with Gasteiger partial charge in [-0.25, -0.2) is 4.98 Å². The van der Waals surface area contributed by atoms with E-state index in [-0.39, 0.29) is 0 Å². The van der Waals surface area contributed by atoms with Crippen LogP contribution in [0.3, 0.4) is 0 Å². The Labute approximate surface area is 132 Å². The van der Waals surface area contributed by atoms with Gasteiger partial charge in [0.05, 0.1) is 11.8 Å². The molecule has 0 amide bonds. The minimum Gasteiger partial charge on any atom is -0.248 e. The highest BCUT2D eigenvalue weighted by atomic mass is 15.0. The summed E-state index contributed by atoms with van der Waals surface area (Å²) in [6, 6.07) is 17.2. The smallest absolute Gasteiger partial charge is 0.234 e. The van der Waals surface area contributed by atoms with Gasteiger partial charge in [-0.2, -0.15) is 4.57 Å². The highest BCUT2D eigenvalue weighted by molar-refractivity contribution is 5.71. The Kier molecular flexibility index (Phi) is 3.76. The zero-order valence-electron chi connectivity index (χ0n) is 13.6. The van der Waals surface area contributed by atoms with Gasteiger partial charge in [0.15, 0.2) is 5.69 Å². The van der Waals surface area contributed by atoms with Crippen molar-refractivity contribution in [1.29, 1.82) is 0 Å². The summed E-state index contributed by atoms with van der Waals surface area (Å²) in [5, 5.41) is 0. The number of aromatic nitrogens is 2. The van der Waals surface area contributed by atoms with Crippen LogP contribution in [0.5, 0.6) is 0 Å². The second-order valence-electron chi connectivity index (χ2n) is 5.79. The molecular weight excluding hydrogens is 268 g/mol. The summed E-state index contributed by atoms with van der Waals surface area (Å²) in [7, 11) is 2.10. The van der Waals surface area contributed by atoms with Crippen LogP contribution >= 0.6 is 0 Å². The van der Waals surface area contributed by atoms with Gasteiger partial charge in [-0.3, -0.25) is 0 Å². The highest BCUT2D eigenvalue weighted by Crippen LogP contribution is 2.28. The summed E-state index contributed by atoms with van der Waals surface area (Å²) in [6.45, 7) is 6.33. The average Bonchev–Trinajstić information content (AvgIpc) is 2.53. The molecule has 22 heavy (non-hydrogen) atoms. The van der Waals surface area contributed by atoms with Crippen molar-refractivity contribution in [3.63, 3.8) is 0 Å². The molecular formula is C20H21N2+. The fraction of sp³-hybridized carbons (Fsp3) is 0.200. The van der Waals surface area contributed by atoms with Crippen LogP contribution in [0.1, 0.15) is 17.0 Å². The van der Waals surface area contributed by atoms with Crippen molar-refractivity contribution in [3.8, 4) is 22.4 Å². The molecule has 2 nitrogen and oxygen atoms in total. The summed E-state index contributed by atoms with van der Waals surface area (Å²) in [6.07, 6.45) is 1.92. The summed E-state index contributed by atoms with van der Waals surface area (Å²) < 4.78 is 2.22. The largest absolute Gasteiger partial charge is 0.248 e. The number of benzene rings is 2. The zero-order chi connectivity index (χ0) is 15.7. The van der Waals surface area contributed by atoms with Crippen LogP contribution in [-0.2, 0) is 7.05 Å². The first kappa shape index (κ1) is 14.5. The van der Waals surface area contributed by atoms with Crippen molar-refractivity contribution in [1.82, 2.24) is 4.98 Å². The maximum atomic E-state index is 4.52. The molecule has 0 atom stereocenters. The van der Waals surface area contributed by atoms with Crippen LogP contribution in [0.25, 0.3) is 22.4 Å². The molecule has 0 spiro atoms. The monoisotopic (exact) mass is 289 g/mol. The summed E-state index contributed by atoms with van der Waals surface area (Å²) >= 11 is 0. The molecule has 3 aromatic rings. The fourth-order valence-electron chi connectivity index (χ4n) is 2.87. The van der Waals surface area contributed by atoms with Crippen LogP contribution in [0.2, 0.25) is 0 Å². The first-order valence-electron chi connectivity index (χ1n) is 7.56. The van der Waals surface area contributed by atoms with E-state index in [1.54, 1.807) is 0 Å². The summed E-state index contributed by atoms with van der Waals surface area (Å²) in [5.41, 5.74) is 8.43. The van der Waals surface area contributed by atoms with E-state index in [0.29, 0.717) is 0 Å². The van der Waals surface area contributed by atoms with Gasteiger partial charge < -0.3 is 0 Å². The van der Waals surface area contributed by atoms with Gasteiger partial charge in [-0.1, -0.05) is 42.5 Å². The Morgan fingerprint density at radius 3 is 2.27 bits per heavy atom. The second kappa shape index (κ2) is 5.72. The predicted molar refractivity (Wildman–Crippen MR) is 90.5 cm³/mol. The van der Waals surface area contributed by atoms with Crippen LogP contribution in [0, 0.1) is 20.8 Å². The molecule has 110 valence electrons. The Balaban J connectivity index is 2.13. The van der Waals surface area contributed by atoms with Crippen LogP contribution in [0.4, 0.5) is 0 Å². The number of nitrogens with zero attached hydrogens (tertiary/aromatic N) is 2. The standard InChI is InChI=1S/C20H21N2/c1-14-12-18(17-8-6-5-7-9-17)10-11-19(14)20-16(3)21-13-15(2)22(20)4/h5-13H,1-4H3/q+1. The van der Waals surface area contributed by atoms with E-state index in [2.05, 4.69) is 79.8 Å². The lowest BCUT2D eigenvalue weighted by atomic mass is 9.97. The molecule has 0 aliphatic heterocycles. The lowest BCUT2D eigenvalue weighted by Gasteiger charge is -2.10. The molecule has 2 heteroatoms. The molecule has 1 aromatic heterocycles. The van der Waals surface area contributed by atoms with Gasteiger partial charge in [0, 0.05) is 6.92 Å². The summed E-state index contributed by atoms with van der Waals surface area (Å²) in [5.74, 6) is 0. The molecule has 1 heterocycles. The third-order valence-corrected chi connectivity index (χ3v) is 4.24. The molecule has 0 aliphatic rings. The van der Waals surface area contributed by atoms with Gasteiger partial charge in [0.1, 0.15) is 12.7 Å². The maximum absolute atomic E-state index is 4.52. The molecule has 0 N–H and O–H groups in total. The molecule has 2 aromatic carbocycles. The first-order chi connectivity index (χ1) is 10.6. The van der Waals surface area contributed by atoms with E-state index in [1.165, 1.54) is 27.9 Å². The van der Waals surface area contributed by atoms with Gasteiger partial charge in [-0.15, -0.1) is 0 Å². The van der Waals surface area contributed by atoms with Gasteiger partial charge in [-0.05, 0) is 36.6 Å². The highest BCUT2D eigenvalue weighted by Gasteiger charge is 2.19. The number of hydrogen-bond acceptors (Lipinski definition) is 1. The predicted octanol–water partition coefficient (Wildman–Crippen LogP) is 4.17. The Morgan fingerprint density at radius 2 is 1.59 bits per heavy atom. The van der Waals surface area contributed by atoms with Crippen molar-refractivity contribution < 1.29 is 4.57 Å². The van der Waals surface area contributed by atoms with Crippen molar-refractivity contribution in [2.45, 2.75) is 20.8 Å². The van der Waals surface area contributed by atoms with Gasteiger partial charge in [0.2, 0.25) is 5.69 Å². The van der Waals surface area contributed by atoms with E-state index in [9.17, 15) is 0 Å². The molecule has 0 fully saturated rings. The first-order valence-corrected chi connectivity index (χ1v) is 7.56. The lowest BCUT2D eigenvalue weighted by Crippen LogP contribution is -2.36. The van der Waals surface area contributed by atoms with E-state index in [1.807, 2.05) is 12.3 Å². The summed E-state index contributed by atoms with van der Waals surface area (Å²) in [4.78, 5) is 4.52. The molecule has 3 rings (SSSR count). The Morgan fingerprint density at radius 1 is 0.864 bits per heavy atom.